The molecular formula is C12H10F4N2S. The molecule has 1 N–H and O–H groups in total. The minimum atomic E-state index is -4.60. The Hall–Kier alpha value is -1.63. The monoisotopic (exact) mass is 290 g/mol. The van der Waals surface area contributed by atoms with Gasteiger partial charge < -0.3 is 5.32 Å². The van der Waals surface area contributed by atoms with Crippen LogP contribution in [0.15, 0.2) is 24.4 Å². The van der Waals surface area contributed by atoms with Gasteiger partial charge in [0, 0.05) is 18.3 Å². The molecule has 0 radical (unpaired) electrons. The van der Waals surface area contributed by atoms with Crippen LogP contribution in [0.4, 0.5) is 22.7 Å². The van der Waals surface area contributed by atoms with Crippen LogP contribution in [0.25, 0.3) is 10.4 Å². The van der Waals surface area contributed by atoms with Gasteiger partial charge in [-0.05, 0) is 25.1 Å². The summed E-state index contributed by atoms with van der Waals surface area (Å²) in [5.41, 5.74) is -1.05. The summed E-state index contributed by atoms with van der Waals surface area (Å²) in [6, 6.07) is 2.64. The van der Waals surface area contributed by atoms with Gasteiger partial charge in [0.25, 0.3) is 0 Å². The van der Waals surface area contributed by atoms with Crippen molar-refractivity contribution in [2.75, 3.05) is 11.9 Å². The number of hydrogen-bond donors (Lipinski definition) is 1. The third-order valence-corrected chi connectivity index (χ3v) is 3.37. The highest BCUT2D eigenvalue weighted by Crippen LogP contribution is 2.40. The lowest BCUT2D eigenvalue weighted by molar-refractivity contribution is -0.137. The highest BCUT2D eigenvalue weighted by Gasteiger charge is 2.34. The molecule has 19 heavy (non-hydrogen) atoms. The topological polar surface area (TPSA) is 24.9 Å². The number of nitrogens with zero attached hydrogens (tertiary/aromatic N) is 1. The van der Waals surface area contributed by atoms with Crippen molar-refractivity contribution in [1.82, 2.24) is 4.98 Å². The van der Waals surface area contributed by atoms with Crippen molar-refractivity contribution < 1.29 is 17.6 Å². The van der Waals surface area contributed by atoms with E-state index in [-0.39, 0.29) is 5.56 Å². The molecule has 1 aromatic carbocycles. The highest BCUT2D eigenvalue weighted by molar-refractivity contribution is 7.18. The van der Waals surface area contributed by atoms with E-state index in [2.05, 4.69) is 10.3 Å². The van der Waals surface area contributed by atoms with Crippen LogP contribution in [0.3, 0.4) is 0 Å². The summed E-state index contributed by atoms with van der Waals surface area (Å²) in [5.74, 6) is -0.910. The average molecular weight is 290 g/mol. The largest absolute Gasteiger partial charge is 0.417 e. The van der Waals surface area contributed by atoms with Gasteiger partial charge in [-0.2, -0.15) is 13.2 Å². The Balaban J connectivity index is 2.48. The molecule has 0 aliphatic heterocycles. The maximum Gasteiger partial charge on any atom is 0.417 e. The van der Waals surface area contributed by atoms with E-state index in [0.29, 0.717) is 22.6 Å². The van der Waals surface area contributed by atoms with Crippen molar-refractivity contribution >= 4 is 16.5 Å². The first kappa shape index (κ1) is 13.8. The van der Waals surface area contributed by atoms with E-state index < -0.39 is 17.6 Å². The lowest BCUT2D eigenvalue weighted by atomic mass is 10.1. The molecule has 2 nitrogen and oxygen atoms in total. The lowest BCUT2D eigenvalue weighted by Crippen LogP contribution is -2.07. The standard InChI is InChI=1S/C12H10F4N2S/c1-2-17-11-18-6-10(19-11)8-4-3-7(13)5-9(8)12(14,15)16/h3-6H,2H2,1H3,(H,17,18). The Kier molecular flexibility index (Phi) is 3.75. The third kappa shape index (κ3) is 3.04. The molecule has 2 rings (SSSR count). The number of benzene rings is 1. The fourth-order valence-electron chi connectivity index (χ4n) is 1.60. The predicted molar refractivity (Wildman–Crippen MR) is 66.7 cm³/mol. The molecule has 0 unspecified atom stereocenters. The van der Waals surface area contributed by atoms with Crippen molar-refractivity contribution in [2.45, 2.75) is 13.1 Å². The Bertz CT molecular complexity index is 577. The Morgan fingerprint density at radius 2 is 2.05 bits per heavy atom. The van der Waals surface area contributed by atoms with Gasteiger partial charge >= 0.3 is 6.18 Å². The first-order valence-corrected chi connectivity index (χ1v) is 6.30. The molecule has 0 bridgehead atoms. The molecule has 0 fully saturated rings. The predicted octanol–water partition coefficient (Wildman–Crippen LogP) is 4.40. The second kappa shape index (κ2) is 5.16. The summed E-state index contributed by atoms with van der Waals surface area (Å²) in [6.07, 6.45) is -3.25. The summed E-state index contributed by atoms with van der Waals surface area (Å²) in [4.78, 5) is 4.32. The second-order valence-corrected chi connectivity index (χ2v) is 4.78. The number of aromatic nitrogens is 1. The fourth-order valence-corrected chi connectivity index (χ4v) is 2.52. The number of thiazole rings is 1. The number of rotatable bonds is 3. The Labute approximate surface area is 111 Å². The fraction of sp³-hybridized carbons (Fsp3) is 0.250. The molecule has 0 spiro atoms. The summed E-state index contributed by atoms with van der Waals surface area (Å²) in [5, 5.41) is 3.46. The van der Waals surface area contributed by atoms with Crippen LogP contribution in [0.5, 0.6) is 0 Å². The third-order valence-electron chi connectivity index (χ3n) is 2.39. The Morgan fingerprint density at radius 1 is 1.32 bits per heavy atom. The molecule has 0 atom stereocenters. The summed E-state index contributed by atoms with van der Waals surface area (Å²) in [6.45, 7) is 2.49. The van der Waals surface area contributed by atoms with Gasteiger partial charge in [0.2, 0.25) is 0 Å². The first-order chi connectivity index (χ1) is 8.91. The number of alkyl halides is 3. The van der Waals surface area contributed by atoms with Gasteiger partial charge in [-0.1, -0.05) is 11.3 Å². The highest BCUT2D eigenvalue weighted by atomic mass is 32.1. The number of hydrogen-bond acceptors (Lipinski definition) is 3. The molecule has 0 amide bonds. The van der Waals surface area contributed by atoms with Crippen LogP contribution in [-0.4, -0.2) is 11.5 Å². The van der Waals surface area contributed by atoms with E-state index in [1.165, 1.54) is 6.20 Å². The molecule has 7 heteroatoms. The molecule has 0 aliphatic rings. The van der Waals surface area contributed by atoms with Gasteiger partial charge in [0.1, 0.15) is 5.82 Å². The molecule has 0 saturated heterocycles. The molecule has 1 aromatic heterocycles. The van der Waals surface area contributed by atoms with Crippen LogP contribution in [0.2, 0.25) is 0 Å². The van der Waals surface area contributed by atoms with E-state index in [4.69, 9.17) is 0 Å². The van der Waals surface area contributed by atoms with Crippen molar-refractivity contribution in [3.63, 3.8) is 0 Å². The maximum atomic E-state index is 13.0. The van der Waals surface area contributed by atoms with Crippen LogP contribution >= 0.6 is 11.3 Å². The summed E-state index contributed by atoms with van der Waals surface area (Å²) in [7, 11) is 0. The van der Waals surface area contributed by atoms with Gasteiger partial charge in [-0.25, -0.2) is 9.37 Å². The molecule has 2 aromatic rings. The van der Waals surface area contributed by atoms with Crippen LogP contribution in [0, 0.1) is 5.82 Å². The number of halogens is 4. The molecule has 0 saturated carbocycles. The second-order valence-electron chi connectivity index (χ2n) is 3.75. The SMILES string of the molecule is CCNc1ncc(-c2ccc(F)cc2C(F)(F)F)s1. The normalized spacial score (nSPS) is 11.6. The zero-order valence-corrected chi connectivity index (χ0v) is 10.7. The lowest BCUT2D eigenvalue weighted by Gasteiger charge is -2.11. The zero-order chi connectivity index (χ0) is 14.0. The van der Waals surface area contributed by atoms with E-state index in [1.807, 2.05) is 6.92 Å². The number of nitrogens with one attached hydrogen (secondary N) is 1. The smallest absolute Gasteiger partial charge is 0.362 e. The summed E-state index contributed by atoms with van der Waals surface area (Å²) < 4.78 is 51.6. The summed E-state index contributed by atoms with van der Waals surface area (Å²) >= 11 is 1.10. The van der Waals surface area contributed by atoms with Crippen LogP contribution < -0.4 is 5.32 Å². The Morgan fingerprint density at radius 3 is 2.68 bits per heavy atom. The maximum absolute atomic E-state index is 13.0. The van der Waals surface area contributed by atoms with Gasteiger partial charge in [0.15, 0.2) is 5.13 Å². The van der Waals surface area contributed by atoms with Gasteiger partial charge in [-0.15, -0.1) is 0 Å². The van der Waals surface area contributed by atoms with Crippen molar-refractivity contribution in [2.24, 2.45) is 0 Å². The quantitative estimate of drug-likeness (QED) is 0.847. The molecular weight excluding hydrogens is 280 g/mol. The average Bonchev–Trinajstić information content (AvgIpc) is 2.77. The van der Waals surface area contributed by atoms with Crippen molar-refractivity contribution in [3.05, 3.63) is 35.8 Å². The van der Waals surface area contributed by atoms with Crippen LogP contribution in [0.1, 0.15) is 12.5 Å². The molecule has 102 valence electrons. The van der Waals surface area contributed by atoms with E-state index in [9.17, 15) is 17.6 Å². The van der Waals surface area contributed by atoms with Crippen molar-refractivity contribution in [1.29, 1.82) is 0 Å². The van der Waals surface area contributed by atoms with Crippen LogP contribution in [-0.2, 0) is 6.18 Å². The molecule has 1 heterocycles. The van der Waals surface area contributed by atoms with E-state index in [1.54, 1.807) is 0 Å². The minimum Gasteiger partial charge on any atom is -0.362 e. The first-order valence-electron chi connectivity index (χ1n) is 5.48. The minimum absolute atomic E-state index is 0.0597. The van der Waals surface area contributed by atoms with Gasteiger partial charge in [0.05, 0.1) is 10.4 Å². The van der Waals surface area contributed by atoms with E-state index >= 15 is 0 Å². The molecule has 0 aliphatic carbocycles. The van der Waals surface area contributed by atoms with Gasteiger partial charge in [-0.3, -0.25) is 0 Å². The zero-order valence-electron chi connectivity index (χ0n) is 9.88. The van der Waals surface area contributed by atoms with Crippen molar-refractivity contribution in [3.8, 4) is 10.4 Å². The number of anilines is 1. The van der Waals surface area contributed by atoms with E-state index in [0.717, 1.165) is 23.5 Å².